The summed E-state index contributed by atoms with van der Waals surface area (Å²) in [6, 6.07) is 6.86. The first-order valence-corrected chi connectivity index (χ1v) is 5.98. The molecule has 17 heavy (non-hydrogen) atoms. The zero-order valence-electron chi connectivity index (χ0n) is 9.71. The number of carbonyl (C=O) groups excluding carboxylic acids is 1. The van der Waals surface area contributed by atoms with Crippen molar-refractivity contribution >= 4 is 5.91 Å². The van der Waals surface area contributed by atoms with E-state index in [-0.39, 0.29) is 11.7 Å². The minimum atomic E-state index is -0.217. The minimum Gasteiger partial charge on any atom is -0.352 e. The number of hydrogen-bond donors (Lipinski definition) is 2. The summed E-state index contributed by atoms with van der Waals surface area (Å²) in [6.45, 7) is 1.08. The largest absolute Gasteiger partial charge is 0.352 e. The maximum atomic E-state index is 12.6. The average Bonchev–Trinajstić information content (AvgIpc) is 3.11. The van der Waals surface area contributed by atoms with Crippen molar-refractivity contribution in [1.82, 2.24) is 10.6 Å². The summed E-state index contributed by atoms with van der Waals surface area (Å²) in [6.07, 6.45) is 3.03. The second-order valence-corrected chi connectivity index (χ2v) is 4.40. The molecule has 4 heteroatoms. The summed E-state index contributed by atoms with van der Waals surface area (Å²) in [7, 11) is 0. The lowest BCUT2D eigenvalue weighted by Crippen LogP contribution is -2.35. The fourth-order valence-corrected chi connectivity index (χ4v) is 1.59. The van der Waals surface area contributed by atoms with Crippen molar-refractivity contribution in [3.8, 4) is 0 Å². The molecule has 2 N–H and O–H groups in total. The lowest BCUT2D eigenvalue weighted by molar-refractivity contribution is -0.120. The van der Waals surface area contributed by atoms with Gasteiger partial charge in [-0.1, -0.05) is 12.1 Å². The maximum Gasteiger partial charge on any atom is 0.234 e. The van der Waals surface area contributed by atoms with Gasteiger partial charge in [-0.05, 0) is 43.5 Å². The molecule has 3 nitrogen and oxygen atoms in total. The van der Waals surface area contributed by atoms with E-state index in [1.165, 1.54) is 12.1 Å². The Hall–Kier alpha value is -1.42. The molecule has 1 aromatic carbocycles. The Morgan fingerprint density at radius 1 is 1.29 bits per heavy atom. The first-order chi connectivity index (χ1) is 8.24. The van der Waals surface area contributed by atoms with Crippen LogP contribution in [0.2, 0.25) is 0 Å². The molecule has 0 spiro atoms. The van der Waals surface area contributed by atoms with Crippen molar-refractivity contribution in [3.05, 3.63) is 35.6 Å². The van der Waals surface area contributed by atoms with Crippen LogP contribution >= 0.6 is 0 Å². The SMILES string of the molecule is O=C(CNCCc1ccc(F)cc1)NC1CC1. The summed E-state index contributed by atoms with van der Waals surface area (Å²) >= 11 is 0. The smallest absolute Gasteiger partial charge is 0.234 e. The highest BCUT2D eigenvalue weighted by Gasteiger charge is 2.22. The molecule has 1 aromatic rings. The Kier molecular flexibility index (Phi) is 4.09. The van der Waals surface area contributed by atoms with Crippen LogP contribution in [-0.4, -0.2) is 25.0 Å². The van der Waals surface area contributed by atoms with Crippen molar-refractivity contribution < 1.29 is 9.18 Å². The maximum absolute atomic E-state index is 12.6. The van der Waals surface area contributed by atoms with Crippen LogP contribution in [0.15, 0.2) is 24.3 Å². The predicted molar refractivity (Wildman–Crippen MR) is 64.1 cm³/mol. The number of rotatable bonds is 6. The van der Waals surface area contributed by atoms with Crippen LogP contribution in [0.5, 0.6) is 0 Å². The third kappa shape index (κ3) is 4.53. The van der Waals surface area contributed by atoms with Crippen LogP contribution in [0, 0.1) is 5.82 Å². The predicted octanol–water partition coefficient (Wildman–Crippen LogP) is 1.24. The highest BCUT2D eigenvalue weighted by Crippen LogP contribution is 2.18. The highest BCUT2D eigenvalue weighted by atomic mass is 19.1. The normalized spacial score (nSPS) is 14.6. The van der Waals surface area contributed by atoms with Gasteiger partial charge in [0.25, 0.3) is 0 Å². The molecule has 92 valence electrons. The molecule has 1 fully saturated rings. The van der Waals surface area contributed by atoms with Crippen LogP contribution < -0.4 is 10.6 Å². The standard InChI is InChI=1S/C13H17FN2O/c14-11-3-1-10(2-4-11)7-8-15-9-13(17)16-12-5-6-12/h1-4,12,15H,5-9H2,(H,16,17). The Balaban J connectivity index is 1.59. The van der Waals surface area contributed by atoms with Crippen molar-refractivity contribution in [2.24, 2.45) is 0 Å². The van der Waals surface area contributed by atoms with Crippen LogP contribution in [-0.2, 0) is 11.2 Å². The van der Waals surface area contributed by atoms with Gasteiger partial charge in [0.2, 0.25) is 5.91 Å². The molecular weight excluding hydrogens is 219 g/mol. The molecule has 1 aliphatic rings. The molecule has 2 rings (SSSR count). The van der Waals surface area contributed by atoms with Gasteiger partial charge in [0, 0.05) is 6.04 Å². The zero-order valence-corrected chi connectivity index (χ0v) is 9.71. The van der Waals surface area contributed by atoms with E-state index in [9.17, 15) is 9.18 Å². The second-order valence-electron chi connectivity index (χ2n) is 4.40. The first kappa shape index (κ1) is 12.0. The van der Waals surface area contributed by atoms with E-state index >= 15 is 0 Å². The van der Waals surface area contributed by atoms with Gasteiger partial charge in [0.05, 0.1) is 6.54 Å². The number of hydrogen-bond acceptors (Lipinski definition) is 2. The molecule has 1 amide bonds. The van der Waals surface area contributed by atoms with E-state index in [0.29, 0.717) is 12.6 Å². The van der Waals surface area contributed by atoms with Gasteiger partial charge in [0.15, 0.2) is 0 Å². The summed E-state index contributed by atoms with van der Waals surface area (Å²) in [4.78, 5) is 11.3. The highest BCUT2D eigenvalue weighted by molar-refractivity contribution is 5.78. The van der Waals surface area contributed by atoms with Gasteiger partial charge >= 0.3 is 0 Å². The Morgan fingerprint density at radius 3 is 2.65 bits per heavy atom. The minimum absolute atomic E-state index is 0.0617. The quantitative estimate of drug-likeness (QED) is 0.730. The fraction of sp³-hybridized carbons (Fsp3) is 0.462. The van der Waals surface area contributed by atoms with Crippen LogP contribution in [0.1, 0.15) is 18.4 Å². The number of nitrogens with one attached hydrogen (secondary N) is 2. The zero-order chi connectivity index (χ0) is 12.1. The van der Waals surface area contributed by atoms with E-state index in [1.54, 1.807) is 12.1 Å². The average molecular weight is 236 g/mol. The Bertz CT molecular complexity index is 374. The Morgan fingerprint density at radius 2 is 2.00 bits per heavy atom. The van der Waals surface area contributed by atoms with E-state index in [1.807, 2.05) is 0 Å². The number of benzene rings is 1. The molecule has 0 bridgehead atoms. The first-order valence-electron chi connectivity index (χ1n) is 5.98. The second kappa shape index (κ2) is 5.77. The fourth-order valence-electron chi connectivity index (χ4n) is 1.59. The molecule has 1 aliphatic carbocycles. The molecule has 0 atom stereocenters. The van der Waals surface area contributed by atoms with Gasteiger partial charge in [-0.2, -0.15) is 0 Å². The molecule has 0 aromatic heterocycles. The lowest BCUT2D eigenvalue weighted by Gasteiger charge is -2.05. The molecule has 0 heterocycles. The lowest BCUT2D eigenvalue weighted by atomic mass is 10.1. The Labute approximate surface area is 100 Å². The van der Waals surface area contributed by atoms with E-state index in [2.05, 4.69) is 10.6 Å². The number of halogens is 1. The van der Waals surface area contributed by atoms with Gasteiger partial charge < -0.3 is 10.6 Å². The molecule has 0 saturated heterocycles. The molecule has 0 aliphatic heterocycles. The molecule has 0 unspecified atom stereocenters. The van der Waals surface area contributed by atoms with Gasteiger partial charge in [-0.15, -0.1) is 0 Å². The number of carbonyl (C=O) groups is 1. The van der Waals surface area contributed by atoms with Crippen LogP contribution in [0.4, 0.5) is 4.39 Å². The summed E-state index contributed by atoms with van der Waals surface area (Å²) < 4.78 is 12.6. The van der Waals surface area contributed by atoms with Gasteiger partial charge in [-0.25, -0.2) is 4.39 Å². The van der Waals surface area contributed by atoms with Crippen LogP contribution in [0.25, 0.3) is 0 Å². The molecule has 0 radical (unpaired) electrons. The van der Waals surface area contributed by atoms with E-state index < -0.39 is 0 Å². The van der Waals surface area contributed by atoms with Crippen molar-refractivity contribution in [1.29, 1.82) is 0 Å². The molecular formula is C13H17FN2O. The molecule has 1 saturated carbocycles. The number of amides is 1. The van der Waals surface area contributed by atoms with Gasteiger partial charge in [-0.3, -0.25) is 4.79 Å². The third-order valence-electron chi connectivity index (χ3n) is 2.73. The van der Waals surface area contributed by atoms with Crippen LogP contribution in [0.3, 0.4) is 0 Å². The monoisotopic (exact) mass is 236 g/mol. The summed E-state index contributed by atoms with van der Waals surface area (Å²) in [5, 5.41) is 5.98. The third-order valence-corrected chi connectivity index (χ3v) is 2.73. The van der Waals surface area contributed by atoms with Crippen molar-refractivity contribution in [2.75, 3.05) is 13.1 Å². The van der Waals surface area contributed by atoms with Gasteiger partial charge in [0.1, 0.15) is 5.82 Å². The summed E-state index contributed by atoms with van der Waals surface area (Å²) in [5.74, 6) is -0.155. The van der Waals surface area contributed by atoms with E-state index in [0.717, 1.165) is 31.4 Å². The van der Waals surface area contributed by atoms with Crippen molar-refractivity contribution in [2.45, 2.75) is 25.3 Å². The van der Waals surface area contributed by atoms with Crippen molar-refractivity contribution in [3.63, 3.8) is 0 Å². The summed E-state index contributed by atoms with van der Waals surface area (Å²) in [5.41, 5.74) is 1.07. The van der Waals surface area contributed by atoms with E-state index in [4.69, 9.17) is 0 Å². The topological polar surface area (TPSA) is 41.1 Å².